The van der Waals surface area contributed by atoms with Gasteiger partial charge in [-0.1, -0.05) is 13.8 Å². The molecule has 0 spiro atoms. The van der Waals surface area contributed by atoms with Gasteiger partial charge in [-0.25, -0.2) is 9.37 Å². The third-order valence-corrected chi connectivity index (χ3v) is 4.08. The Labute approximate surface area is 129 Å². The molecule has 22 heavy (non-hydrogen) atoms. The number of hydrogen-bond acceptors (Lipinski definition) is 2. The lowest BCUT2D eigenvalue weighted by atomic mass is 9.92. The van der Waals surface area contributed by atoms with Gasteiger partial charge in [0.05, 0.1) is 0 Å². The summed E-state index contributed by atoms with van der Waals surface area (Å²) in [7, 11) is 0. The molecule has 0 saturated carbocycles. The highest BCUT2D eigenvalue weighted by atomic mass is 19.1. The number of aromatic nitrogens is 2. The maximum absolute atomic E-state index is 13.0. The van der Waals surface area contributed by atoms with Crippen molar-refractivity contribution in [3.8, 4) is 5.69 Å². The van der Waals surface area contributed by atoms with E-state index < -0.39 is 0 Å². The monoisotopic (exact) mass is 301 g/mol. The molecule has 4 nitrogen and oxygen atoms in total. The van der Waals surface area contributed by atoms with Crippen LogP contribution in [0.25, 0.3) is 5.69 Å². The lowest BCUT2D eigenvalue weighted by Crippen LogP contribution is -2.42. The number of carbonyl (C=O) groups excluding carboxylic acids is 1. The van der Waals surface area contributed by atoms with Crippen LogP contribution in [0.15, 0.2) is 36.8 Å². The number of nitrogens with zero attached hydrogens (tertiary/aromatic N) is 3. The van der Waals surface area contributed by atoms with Crippen molar-refractivity contribution in [3.05, 3.63) is 48.3 Å². The Morgan fingerprint density at radius 2 is 1.82 bits per heavy atom. The van der Waals surface area contributed by atoms with E-state index in [2.05, 4.69) is 18.8 Å². The number of hydrogen-bond donors (Lipinski definition) is 0. The summed E-state index contributed by atoms with van der Waals surface area (Å²) in [5.41, 5.74) is 1.22. The summed E-state index contributed by atoms with van der Waals surface area (Å²) in [5, 5.41) is 0. The first kappa shape index (κ1) is 14.8. The first-order valence-electron chi connectivity index (χ1n) is 7.62. The van der Waals surface area contributed by atoms with Crippen molar-refractivity contribution in [2.24, 2.45) is 11.8 Å². The predicted octanol–water partition coefficient (Wildman–Crippen LogP) is 3.13. The van der Waals surface area contributed by atoms with Crippen molar-refractivity contribution in [2.75, 3.05) is 13.1 Å². The van der Waals surface area contributed by atoms with Crippen LogP contribution in [0, 0.1) is 17.7 Å². The van der Waals surface area contributed by atoms with E-state index in [-0.39, 0.29) is 11.7 Å². The van der Waals surface area contributed by atoms with Crippen LogP contribution in [0.4, 0.5) is 4.39 Å². The highest BCUT2D eigenvalue weighted by Gasteiger charge is 2.27. The number of benzene rings is 1. The minimum atomic E-state index is -0.281. The molecule has 1 aliphatic rings. The predicted molar refractivity (Wildman–Crippen MR) is 82.4 cm³/mol. The number of halogens is 1. The average molecular weight is 301 g/mol. The molecule has 0 radical (unpaired) electrons. The molecular weight excluding hydrogens is 281 g/mol. The highest BCUT2D eigenvalue weighted by molar-refractivity contribution is 5.92. The Hall–Kier alpha value is -2.17. The summed E-state index contributed by atoms with van der Waals surface area (Å²) >= 11 is 0. The Balaban J connectivity index is 1.78. The molecule has 0 aliphatic carbocycles. The summed E-state index contributed by atoms with van der Waals surface area (Å²) in [6.45, 7) is 5.92. The number of imidazole rings is 1. The minimum absolute atomic E-state index is 0.0285. The van der Waals surface area contributed by atoms with Gasteiger partial charge in [0, 0.05) is 25.0 Å². The van der Waals surface area contributed by atoms with Gasteiger partial charge in [-0.05, 0) is 42.5 Å². The number of amides is 1. The van der Waals surface area contributed by atoms with Gasteiger partial charge >= 0.3 is 0 Å². The Bertz CT molecular complexity index is 655. The van der Waals surface area contributed by atoms with E-state index in [1.54, 1.807) is 29.2 Å². The maximum Gasteiger partial charge on any atom is 0.274 e. The van der Waals surface area contributed by atoms with Crippen molar-refractivity contribution in [2.45, 2.75) is 20.3 Å². The minimum Gasteiger partial charge on any atom is -0.337 e. The highest BCUT2D eigenvalue weighted by Crippen LogP contribution is 2.22. The van der Waals surface area contributed by atoms with Crippen LogP contribution in [0.3, 0.4) is 0 Å². The standard InChI is InChI=1S/C17H20FN3O/c1-12-7-13(2)9-20(8-12)17(22)16-10-21(11-19-16)15-5-3-14(18)4-6-15/h3-6,10-13H,7-9H2,1-2H3/t12-,13+. The first-order valence-corrected chi connectivity index (χ1v) is 7.62. The Kier molecular flexibility index (Phi) is 3.96. The normalized spacial score (nSPS) is 21.9. The second-order valence-corrected chi connectivity index (χ2v) is 6.30. The second kappa shape index (κ2) is 5.91. The maximum atomic E-state index is 13.0. The molecule has 1 fully saturated rings. The molecule has 0 N–H and O–H groups in total. The van der Waals surface area contributed by atoms with Crippen molar-refractivity contribution < 1.29 is 9.18 Å². The van der Waals surface area contributed by atoms with Crippen molar-refractivity contribution in [3.63, 3.8) is 0 Å². The fourth-order valence-corrected chi connectivity index (χ4v) is 3.18. The van der Waals surface area contributed by atoms with Crippen molar-refractivity contribution in [1.29, 1.82) is 0 Å². The number of likely N-dealkylation sites (tertiary alicyclic amines) is 1. The van der Waals surface area contributed by atoms with Crippen LogP contribution >= 0.6 is 0 Å². The molecule has 1 saturated heterocycles. The topological polar surface area (TPSA) is 38.1 Å². The van der Waals surface area contributed by atoms with Gasteiger partial charge < -0.3 is 9.47 Å². The van der Waals surface area contributed by atoms with E-state index in [0.717, 1.165) is 25.2 Å². The zero-order valence-corrected chi connectivity index (χ0v) is 12.9. The molecule has 2 heterocycles. The summed E-state index contributed by atoms with van der Waals surface area (Å²) < 4.78 is 14.7. The fraction of sp³-hybridized carbons (Fsp3) is 0.412. The van der Waals surface area contributed by atoms with Crippen LogP contribution < -0.4 is 0 Å². The zero-order valence-electron chi connectivity index (χ0n) is 12.9. The molecule has 1 aliphatic heterocycles. The Morgan fingerprint density at radius 3 is 2.45 bits per heavy atom. The molecule has 0 unspecified atom stereocenters. The summed E-state index contributed by atoms with van der Waals surface area (Å²) in [6.07, 6.45) is 4.46. The van der Waals surface area contributed by atoms with E-state index in [9.17, 15) is 9.18 Å². The van der Waals surface area contributed by atoms with Crippen LogP contribution in [0.2, 0.25) is 0 Å². The van der Waals surface area contributed by atoms with E-state index in [0.29, 0.717) is 17.5 Å². The third kappa shape index (κ3) is 3.03. The number of rotatable bonds is 2. The van der Waals surface area contributed by atoms with Gasteiger partial charge in [0.25, 0.3) is 5.91 Å². The molecule has 5 heteroatoms. The van der Waals surface area contributed by atoms with Crippen LogP contribution in [-0.4, -0.2) is 33.4 Å². The SMILES string of the molecule is C[C@@H]1C[C@H](C)CN(C(=O)c2cn(-c3ccc(F)cc3)cn2)C1. The van der Waals surface area contributed by atoms with Crippen molar-refractivity contribution >= 4 is 5.91 Å². The van der Waals surface area contributed by atoms with Crippen molar-refractivity contribution in [1.82, 2.24) is 14.5 Å². The van der Waals surface area contributed by atoms with Gasteiger partial charge in [-0.3, -0.25) is 4.79 Å². The Morgan fingerprint density at radius 1 is 1.18 bits per heavy atom. The largest absolute Gasteiger partial charge is 0.337 e. The summed E-state index contributed by atoms with van der Waals surface area (Å²) in [6, 6.07) is 6.11. The lowest BCUT2D eigenvalue weighted by Gasteiger charge is -2.34. The van der Waals surface area contributed by atoms with Gasteiger partial charge in [0.15, 0.2) is 0 Å². The number of piperidine rings is 1. The molecule has 0 bridgehead atoms. The van der Waals surface area contributed by atoms with E-state index >= 15 is 0 Å². The van der Waals surface area contributed by atoms with Crippen LogP contribution in [-0.2, 0) is 0 Å². The third-order valence-electron chi connectivity index (χ3n) is 4.08. The zero-order chi connectivity index (χ0) is 15.7. The smallest absolute Gasteiger partial charge is 0.274 e. The van der Waals surface area contributed by atoms with E-state index in [1.165, 1.54) is 12.1 Å². The quantitative estimate of drug-likeness (QED) is 0.854. The average Bonchev–Trinajstić information content (AvgIpc) is 2.96. The summed E-state index contributed by atoms with van der Waals surface area (Å²) in [4.78, 5) is 18.7. The lowest BCUT2D eigenvalue weighted by molar-refractivity contribution is 0.0617. The first-order chi connectivity index (χ1) is 10.5. The fourth-order valence-electron chi connectivity index (χ4n) is 3.18. The van der Waals surface area contributed by atoms with Crippen LogP contribution in [0.5, 0.6) is 0 Å². The van der Waals surface area contributed by atoms with Gasteiger partial charge in [0.2, 0.25) is 0 Å². The van der Waals surface area contributed by atoms with Gasteiger partial charge in [0.1, 0.15) is 17.8 Å². The molecule has 116 valence electrons. The molecule has 1 aromatic carbocycles. The second-order valence-electron chi connectivity index (χ2n) is 6.30. The summed E-state index contributed by atoms with van der Waals surface area (Å²) in [5.74, 6) is 0.731. The van der Waals surface area contributed by atoms with Crippen LogP contribution in [0.1, 0.15) is 30.8 Å². The molecule has 1 aromatic heterocycles. The molecule has 2 atom stereocenters. The van der Waals surface area contributed by atoms with E-state index in [1.807, 2.05) is 4.90 Å². The van der Waals surface area contributed by atoms with Gasteiger partial charge in [-0.2, -0.15) is 0 Å². The molecule has 2 aromatic rings. The molecule has 3 rings (SSSR count). The molecular formula is C17H20FN3O. The molecule has 1 amide bonds. The van der Waals surface area contributed by atoms with E-state index in [4.69, 9.17) is 0 Å². The number of carbonyl (C=O) groups is 1. The van der Waals surface area contributed by atoms with Gasteiger partial charge in [-0.15, -0.1) is 0 Å².